The summed E-state index contributed by atoms with van der Waals surface area (Å²) in [6, 6.07) is 0.625. The van der Waals surface area contributed by atoms with Gasteiger partial charge in [0.2, 0.25) is 0 Å². The molecule has 1 aromatic rings. The molecule has 0 aromatic carbocycles. The van der Waals surface area contributed by atoms with E-state index in [0.717, 1.165) is 16.7 Å². The van der Waals surface area contributed by atoms with E-state index in [1.807, 2.05) is 6.92 Å². The van der Waals surface area contributed by atoms with Gasteiger partial charge >= 0.3 is 0 Å². The Morgan fingerprint density at radius 2 is 2.13 bits per heavy atom. The average Bonchev–Trinajstić information content (AvgIpc) is 2.84. The first kappa shape index (κ1) is 11.0. The van der Waals surface area contributed by atoms with E-state index >= 15 is 0 Å². The van der Waals surface area contributed by atoms with Crippen LogP contribution in [0.2, 0.25) is 0 Å². The quantitative estimate of drug-likeness (QED) is 0.795. The molecule has 0 saturated heterocycles. The molecule has 0 aliphatic heterocycles. The fourth-order valence-corrected chi connectivity index (χ4v) is 3.00. The molecule has 0 unspecified atom stereocenters. The summed E-state index contributed by atoms with van der Waals surface area (Å²) < 4.78 is 2.30. The van der Waals surface area contributed by atoms with E-state index in [2.05, 4.69) is 14.8 Å². The molecule has 1 fully saturated rings. The van der Waals surface area contributed by atoms with Gasteiger partial charge in [-0.1, -0.05) is 24.6 Å². The molecular formula is C10H18N4S. The monoisotopic (exact) mass is 226 g/mol. The zero-order valence-corrected chi connectivity index (χ0v) is 9.96. The minimum atomic E-state index is 0.625. The molecule has 15 heavy (non-hydrogen) atoms. The SMILES string of the molecule is Cc1nnc(SCCN)n1C1CCCC1. The third kappa shape index (κ3) is 2.34. The van der Waals surface area contributed by atoms with Crippen molar-refractivity contribution in [3.63, 3.8) is 0 Å². The van der Waals surface area contributed by atoms with E-state index in [4.69, 9.17) is 5.73 Å². The Morgan fingerprint density at radius 3 is 2.80 bits per heavy atom. The molecule has 84 valence electrons. The van der Waals surface area contributed by atoms with Gasteiger partial charge in [-0.3, -0.25) is 0 Å². The zero-order valence-electron chi connectivity index (χ0n) is 9.15. The van der Waals surface area contributed by atoms with E-state index in [0.29, 0.717) is 12.6 Å². The van der Waals surface area contributed by atoms with Crippen LogP contribution >= 0.6 is 11.8 Å². The lowest BCUT2D eigenvalue weighted by Crippen LogP contribution is -2.09. The van der Waals surface area contributed by atoms with Crippen LogP contribution in [-0.4, -0.2) is 27.1 Å². The Labute approximate surface area is 94.6 Å². The van der Waals surface area contributed by atoms with Crippen LogP contribution in [0.25, 0.3) is 0 Å². The van der Waals surface area contributed by atoms with Gasteiger partial charge in [-0.15, -0.1) is 10.2 Å². The topological polar surface area (TPSA) is 56.7 Å². The van der Waals surface area contributed by atoms with Gasteiger partial charge in [0, 0.05) is 18.3 Å². The van der Waals surface area contributed by atoms with E-state index in [1.165, 1.54) is 25.7 Å². The maximum absolute atomic E-state index is 5.51. The maximum Gasteiger partial charge on any atom is 0.191 e. The standard InChI is InChI=1S/C10H18N4S/c1-8-12-13-10(15-7-6-11)14(8)9-4-2-3-5-9/h9H,2-7,11H2,1H3. The van der Waals surface area contributed by atoms with Crippen molar-refractivity contribution in [3.8, 4) is 0 Å². The number of nitrogens with zero attached hydrogens (tertiary/aromatic N) is 3. The first-order valence-electron chi connectivity index (χ1n) is 5.57. The average molecular weight is 226 g/mol. The van der Waals surface area contributed by atoms with Gasteiger partial charge in [-0.05, 0) is 19.8 Å². The number of aryl methyl sites for hydroxylation is 1. The van der Waals surface area contributed by atoms with E-state index in [9.17, 15) is 0 Å². The second kappa shape index (κ2) is 4.99. The largest absolute Gasteiger partial charge is 0.330 e. The number of nitrogens with two attached hydrogens (primary N) is 1. The van der Waals surface area contributed by atoms with Crippen LogP contribution in [0.15, 0.2) is 5.16 Å². The van der Waals surface area contributed by atoms with Crippen LogP contribution in [0.4, 0.5) is 0 Å². The lowest BCUT2D eigenvalue weighted by Gasteiger charge is -2.14. The number of hydrogen-bond acceptors (Lipinski definition) is 4. The van der Waals surface area contributed by atoms with Gasteiger partial charge in [-0.2, -0.15) is 0 Å². The molecule has 1 saturated carbocycles. The van der Waals surface area contributed by atoms with Gasteiger partial charge < -0.3 is 10.3 Å². The highest BCUT2D eigenvalue weighted by atomic mass is 32.2. The van der Waals surface area contributed by atoms with Crippen molar-refractivity contribution in [2.45, 2.75) is 43.8 Å². The van der Waals surface area contributed by atoms with E-state index in [-0.39, 0.29) is 0 Å². The highest BCUT2D eigenvalue weighted by molar-refractivity contribution is 7.99. The molecule has 1 heterocycles. The van der Waals surface area contributed by atoms with Crippen molar-refractivity contribution < 1.29 is 0 Å². The molecule has 2 rings (SSSR count). The summed E-state index contributed by atoms with van der Waals surface area (Å²) in [6.45, 7) is 2.74. The molecule has 1 aromatic heterocycles. The lowest BCUT2D eigenvalue weighted by atomic mass is 10.2. The minimum Gasteiger partial charge on any atom is -0.330 e. The summed E-state index contributed by atoms with van der Waals surface area (Å²) in [6.07, 6.45) is 5.22. The third-order valence-corrected chi connectivity index (χ3v) is 3.85. The Balaban J connectivity index is 2.15. The first-order valence-corrected chi connectivity index (χ1v) is 6.56. The molecule has 0 atom stereocenters. The molecule has 1 aliphatic rings. The molecule has 0 spiro atoms. The first-order chi connectivity index (χ1) is 7.33. The Bertz CT molecular complexity index is 317. The van der Waals surface area contributed by atoms with Crippen LogP contribution in [0.5, 0.6) is 0 Å². The minimum absolute atomic E-state index is 0.625. The Kier molecular flexibility index (Phi) is 3.64. The molecule has 5 heteroatoms. The van der Waals surface area contributed by atoms with E-state index < -0.39 is 0 Å². The van der Waals surface area contributed by atoms with Crippen molar-refractivity contribution in [2.75, 3.05) is 12.3 Å². The maximum atomic E-state index is 5.51. The van der Waals surface area contributed by atoms with Crippen molar-refractivity contribution in [1.29, 1.82) is 0 Å². The molecule has 0 radical (unpaired) electrons. The summed E-state index contributed by atoms with van der Waals surface area (Å²) in [4.78, 5) is 0. The van der Waals surface area contributed by atoms with Crippen LogP contribution in [0, 0.1) is 6.92 Å². The number of aromatic nitrogens is 3. The zero-order chi connectivity index (χ0) is 10.7. The van der Waals surface area contributed by atoms with E-state index in [1.54, 1.807) is 11.8 Å². The van der Waals surface area contributed by atoms with Gasteiger partial charge in [0.1, 0.15) is 5.82 Å². The van der Waals surface area contributed by atoms with Crippen molar-refractivity contribution >= 4 is 11.8 Å². The predicted molar refractivity (Wildman–Crippen MR) is 62.0 cm³/mol. The smallest absolute Gasteiger partial charge is 0.191 e. The molecule has 4 nitrogen and oxygen atoms in total. The summed E-state index contributed by atoms with van der Waals surface area (Å²) in [7, 11) is 0. The van der Waals surface area contributed by atoms with Crippen LogP contribution < -0.4 is 5.73 Å². The molecule has 0 amide bonds. The highest BCUT2D eigenvalue weighted by Gasteiger charge is 2.22. The Hall–Kier alpha value is -0.550. The molecule has 2 N–H and O–H groups in total. The normalized spacial score (nSPS) is 17.5. The van der Waals surface area contributed by atoms with Crippen molar-refractivity contribution in [1.82, 2.24) is 14.8 Å². The molecular weight excluding hydrogens is 208 g/mol. The highest BCUT2D eigenvalue weighted by Crippen LogP contribution is 2.33. The second-order valence-corrected chi connectivity index (χ2v) is 5.04. The van der Waals surface area contributed by atoms with Gasteiger partial charge in [0.25, 0.3) is 0 Å². The number of rotatable bonds is 4. The predicted octanol–water partition coefficient (Wildman–Crippen LogP) is 1.75. The molecule has 1 aliphatic carbocycles. The van der Waals surface area contributed by atoms with Crippen molar-refractivity contribution in [3.05, 3.63) is 5.82 Å². The fraction of sp³-hybridized carbons (Fsp3) is 0.800. The van der Waals surface area contributed by atoms with Crippen molar-refractivity contribution in [2.24, 2.45) is 5.73 Å². The van der Waals surface area contributed by atoms with Gasteiger partial charge in [-0.25, -0.2) is 0 Å². The van der Waals surface area contributed by atoms with Crippen LogP contribution in [-0.2, 0) is 0 Å². The fourth-order valence-electron chi connectivity index (χ4n) is 2.18. The Morgan fingerprint density at radius 1 is 1.40 bits per heavy atom. The second-order valence-electron chi connectivity index (χ2n) is 3.98. The number of hydrogen-bond donors (Lipinski definition) is 1. The van der Waals surface area contributed by atoms with Crippen LogP contribution in [0.1, 0.15) is 37.5 Å². The lowest BCUT2D eigenvalue weighted by molar-refractivity contribution is 0.470. The summed E-state index contributed by atoms with van der Waals surface area (Å²) in [5.41, 5.74) is 5.51. The third-order valence-electron chi connectivity index (χ3n) is 2.87. The molecule has 0 bridgehead atoms. The van der Waals surface area contributed by atoms with Crippen LogP contribution in [0.3, 0.4) is 0 Å². The summed E-state index contributed by atoms with van der Waals surface area (Å²) in [5, 5.41) is 9.43. The van der Waals surface area contributed by atoms with Gasteiger partial charge in [0.15, 0.2) is 5.16 Å². The van der Waals surface area contributed by atoms with Gasteiger partial charge in [0.05, 0.1) is 0 Å². The summed E-state index contributed by atoms with van der Waals surface area (Å²) in [5.74, 6) is 1.96. The number of thioether (sulfide) groups is 1. The summed E-state index contributed by atoms with van der Waals surface area (Å²) >= 11 is 1.72.